The summed E-state index contributed by atoms with van der Waals surface area (Å²) in [6.07, 6.45) is 5.18. The first kappa shape index (κ1) is 25.9. The average Bonchev–Trinajstić information content (AvgIpc) is 3.04. The SMILES string of the molecule is C#CCNC(=O)C[n+]1c2ccccc2n2nc(C)c(C)cc21.Cc1cc(C)c(S(=O)(=O)[O-])c(C)c1. The zero-order chi connectivity index (χ0) is 25.9. The fourth-order valence-corrected chi connectivity index (χ4v) is 4.99. The molecule has 4 rings (SSSR count). The van der Waals surface area contributed by atoms with E-state index in [0.717, 1.165) is 33.5 Å². The second-order valence-electron chi connectivity index (χ2n) is 8.42. The van der Waals surface area contributed by atoms with Gasteiger partial charge < -0.3 is 9.87 Å². The minimum Gasteiger partial charge on any atom is -0.744 e. The summed E-state index contributed by atoms with van der Waals surface area (Å²) in [5.41, 5.74) is 6.90. The molecule has 0 aliphatic carbocycles. The van der Waals surface area contributed by atoms with Crippen LogP contribution in [0.1, 0.15) is 27.9 Å². The van der Waals surface area contributed by atoms with Gasteiger partial charge >= 0.3 is 5.65 Å². The number of terminal acetylenes is 1. The summed E-state index contributed by atoms with van der Waals surface area (Å²) < 4.78 is 36.3. The Kier molecular flexibility index (Phi) is 7.58. The normalized spacial score (nSPS) is 11.1. The first-order valence-electron chi connectivity index (χ1n) is 11.0. The number of benzene rings is 2. The molecule has 1 amide bonds. The number of nitrogens with zero attached hydrogens (tertiary/aromatic N) is 3. The zero-order valence-electron chi connectivity index (χ0n) is 20.4. The Morgan fingerprint density at radius 1 is 1.09 bits per heavy atom. The molecule has 2 aromatic carbocycles. The average molecular weight is 493 g/mol. The number of carbonyl (C=O) groups is 1. The number of para-hydroxylation sites is 2. The van der Waals surface area contributed by atoms with Gasteiger partial charge in [-0.05, 0) is 63.4 Å². The fraction of sp³-hybridized carbons (Fsp3) is 0.269. The van der Waals surface area contributed by atoms with Gasteiger partial charge in [0.25, 0.3) is 5.91 Å². The fourth-order valence-electron chi connectivity index (χ4n) is 4.08. The molecule has 0 aliphatic rings. The van der Waals surface area contributed by atoms with Gasteiger partial charge in [0.15, 0.2) is 12.1 Å². The highest BCUT2D eigenvalue weighted by atomic mass is 32.2. The van der Waals surface area contributed by atoms with Crippen LogP contribution in [0.25, 0.3) is 16.7 Å². The van der Waals surface area contributed by atoms with Crippen molar-refractivity contribution in [1.82, 2.24) is 14.9 Å². The van der Waals surface area contributed by atoms with E-state index in [1.54, 1.807) is 26.0 Å². The van der Waals surface area contributed by atoms with Crippen LogP contribution < -0.4 is 9.88 Å². The van der Waals surface area contributed by atoms with E-state index in [1.165, 1.54) is 0 Å². The van der Waals surface area contributed by atoms with E-state index >= 15 is 0 Å². The van der Waals surface area contributed by atoms with E-state index in [0.29, 0.717) is 11.1 Å². The van der Waals surface area contributed by atoms with Gasteiger partial charge in [0.2, 0.25) is 5.52 Å². The maximum atomic E-state index is 12.1. The zero-order valence-corrected chi connectivity index (χ0v) is 21.2. The van der Waals surface area contributed by atoms with Gasteiger partial charge in [-0.3, -0.25) is 4.79 Å². The number of nitrogens with one attached hydrogen (secondary N) is 1. The number of hydrogen-bond acceptors (Lipinski definition) is 5. The molecule has 0 bridgehead atoms. The topological polar surface area (TPSA) is 107 Å². The van der Waals surface area contributed by atoms with Gasteiger partial charge in [0.05, 0.1) is 17.1 Å². The van der Waals surface area contributed by atoms with Gasteiger partial charge in [-0.2, -0.15) is 0 Å². The number of rotatable bonds is 4. The Balaban J connectivity index is 0.000000225. The monoisotopic (exact) mass is 492 g/mol. The molecular weight excluding hydrogens is 464 g/mol. The highest BCUT2D eigenvalue weighted by Gasteiger charge is 2.22. The molecule has 0 unspecified atom stereocenters. The second-order valence-corrected chi connectivity index (χ2v) is 9.74. The molecule has 0 saturated carbocycles. The number of aryl methyl sites for hydroxylation is 5. The van der Waals surface area contributed by atoms with E-state index in [1.807, 2.05) is 54.1 Å². The molecule has 2 aromatic heterocycles. The van der Waals surface area contributed by atoms with Gasteiger partial charge in [-0.25, -0.2) is 13.0 Å². The molecule has 0 atom stereocenters. The van der Waals surface area contributed by atoms with Gasteiger partial charge in [-0.1, -0.05) is 45.4 Å². The smallest absolute Gasteiger partial charge is 0.308 e. The number of amides is 1. The summed E-state index contributed by atoms with van der Waals surface area (Å²) in [6.45, 7) is 9.56. The Hall–Kier alpha value is -3.74. The molecule has 0 spiro atoms. The van der Waals surface area contributed by atoms with Gasteiger partial charge in [0.1, 0.15) is 10.1 Å². The van der Waals surface area contributed by atoms with Crippen molar-refractivity contribution in [2.24, 2.45) is 0 Å². The molecule has 1 N–H and O–H groups in total. The van der Waals surface area contributed by atoms with Crippen LogP contribution in [0.3, 0.4) is 0 Å². The number of hydrogen-bond donors (Lipinski definition) is 1. The lowest BCUT2D eigenvalue weighted by molar-refractivity contribution is -0.632. The standard InChI is InChI=1S/C17H16N4O.C9H12O3S/c1-4-9-18-16(22)11-20-14-7-5-6-8-15(14)21-17(20)10-12(2)13(3)19-21;1-6-4-7(2)9(8(3)5-6)13(10,11)12/h1,5-8,10H,9,11H2,2-3H3;4-5H,1-3H3,(H,10,11,12). The van der Waals surface area contributed by atoms with Crippen LogP contribution in [-0.4, -0.2) is 35.0 Å². The summed E-state index contributed by atoms with van der Waals surface area (Å²) in [4.78, 5) is 12.0. The first-order chi connectivity index (χ1) is 16.4. The van der Waals surface area contributed by atoms with Crippen molar-refractivity contribution in [3.63, 3.8) is 0 Å². The molecule has 0 fully saturated rings. The van der Waals surface area contributed by atoms with E-state index in [4.69, 9.17) is 6.42 Å². The van der Waals surface area contributed by atoms with Crippen molar-refractivity contribution in [3.05, 3.63) is 70.4 Å². The summed E-state index contributed by atoms with van der Waals surface area (Å²) in [7, 11) is -4.33. The lowest BCUT2D eigenvalue weighted by atomic mass is 10.1. The number of imidazole rings is 1. The van der Waals surface area contributed by atoms with Crippen LogP contribution in [0, 0.1) is 47.0 Å². The predicted octanol–water partition coefficient (Wildman–Crippen LogP) is 2.66. The molecular formula is C26H28N4O4S. The largest absolute Gasteiger partial charge is 0.744 e. The third-order valence-corrected chi connectivity index (χ3v) is 6.75. The number of fused-ring (bicyclic) bond motifs is 3. The Bertz CT molecular complexity index is 1560. The second kappa shape index (κ2) is 10.3. The Morgan fingerprint density at radius 3 is 2.31 bits per heavy atom. The Labute approximate surface area is 205 Å². The van der Waals surface area contributed by atoms with Crippen LogP contribution >= 0.6 is 0 Å². The van der Waals surface area contributed by atoms with Crippen molar-refractivity contribution in [2.75, 3.05) is 6.54 Å². The van der Waals surface area contributed by atoms with Crippen molar-refractivity contribution in [3.8, 4) is 12.3 Å². The minimum atomic E-state index is -4.33. The summed E-state index contributed by atoms with van der Waals surface area (Å²) in [6, 6.07) is 13.3. The summed E-state index contributed by atoms with van der Waals surface area (Å²) >= 11 is 0. The van der Waals surface area contributed by atoms with Gasteiger partial charge in [-0.15, -0.1) is 6.42 Å². The van der Waals surface area contributed by atoms with E-state index in [2.05, 4.69) is 22.4 Å². The molecule has 8 nitrogen and oxygen atoms in total. The maximum absolute atomic E-state index is 12.1. The third kappa shape index (κ3) is 5.67. The lowest BCUT2D eigenvalue weighted by Gasteiger charge is -2.14. The van der Waals surface area contributed by atoms with E-state index in [-0.39, 0.29) is 23.9 Å². The van der Waals surface area contributed by atoms with Crippen molar-refractivity contribution in [1.29, 1.82) is 0 Å². The molecule has 9 heteroatoms. The van der Waals surface area contributed by atoms with E-state index < -0.39 is 10.1 Å². The highest BCUT2D eigenvalue weighted by Crippen LogP contribution is 2.21. The summed E-state index contributed by atoms with van der Waals surface area (Å²) in [5, 5.41) is 7.33. The minimum absolute atomic E-state index is 0.0851. The van der Waals surface area contributed by atoms with Crippen LogP contribution in [0.15, 0.2) is 47.4 Å². The van der Waals surface area contributed by atoms with E-state index in [9.17, 15) is 17.8 Å². The number of carbonyl (C=O) groups excluding carboxylic acids is 1. The highest BCUT2D eigenvalue weighted by molar-refractivity contribution is 7.85. The van der Waals surface area contributed by atoms with Gasteiger partial charge in [0, 0.05) is 6.07 Å². The Morgan fingerprint density at radius 2 is 1.71 bits per heavy atom. The lowest BCUT2D eigenvalue weighted by Crippen LogP contribution is -2.43. The molecule has 35 heavy (non-hydrogen) atoms. The van der Waals surface area contributed by atoms with Crippen LogP contribution in [0.2, 0.25) is 0 Å². The van der Waals surface area contributed by atoms with Crippen molar-refractivity contribution < 1.29 is 22.3 Å². The molecule has 0 saturated heterocycles. The third-order valence-electron chi connectivity index (χ3n) is 5.60. The maximum Gasteiger partial charge on any atom is 0.308 e. The molecule has 4 aromatic rings. The summed E-state index contributed by atoms with van der Waals surface area (Å²) in [5.74, 6) is 2.30. The predicted molar refractivity (Wildman–Crippen MR) is 133 cm³/mol. The van der Waals surface area contributed by atoms with Crippen LogP contribution in [0.4, 0.5) is 0 Å². The van der Waals surface area contributed by atoms with Crippen molar-refractivity contribution in [2.45, 2.75) is 46.1 Å². The first-order valence-corrected chi connectivity index (χ1v) is 12.4. The van der Waals surface area contributed by atoms with Crippen LogP contribution in [0.5, 0.6) is 0 Å². The molecule has 0 radical (unpaired) electrons. The van der Waals surface area contributed by atoms with Crippen molar-refractivity contribution >= 4 is 32.7 Å². The van der Waals surface area contributed by atoms with Crippen LogP contribution in [-0.2, 0) is 21.5 Å². The molecule has 182 valence electrons. The molecule has 0 aliphatic heterocycles. The molecule has 2 heterocycles. The quantitative estimate of drug-likeness (QED) is 0.268. The number of aromatic nitrogens is 3.